The van der Waals surface area contributed by atoms with E-state index in [0.717, 1.165) is 21.7 Å². The van der Waals surface area contributed by atoms with Crippen molar-refractivity contribution in [2.24, 2.45) is 0 Å². The Labute approximate surface area is 191 Å². The van der Waals surface area contributed by atoms with E-state index in [2.05, 4.69) is 5.32 Å². The van der Waals surface area contributed by atoms with Gasteiger partial charge in [0, 0.05) is 11.4 Å². The highest BCUT2D eigenvalue weighted by molar-refractivity contribution is 8.00. The van der Waals surface area contributed by atoms with E-state index in [1.165, 1.54) is 11.8 Å². The van der Waals surface area contributed by atoms with Gasteiger partial charge < -0.3 is 19.7 Å². The fourth-order valence-corrected chi connectivity index (χ4v) is 4.34. The van der Waals surface area contributed by atoms with Crippen molar-refractivity contribution in [2.45, 2.75) is 18.0 Å². The van der Waals surface area contributed by atoms with Crippen LogP contribution in [0.5, 0.6) is 11.5 Å². The number of thioether (sulfide) groups is 1. The first-order chi connectivity index (χ1) is 15.6. The van der Waals surface area contributed by atoms with Gasteiger partial charge >= 0.3 is 0 Å². The Morgan fingerprint density at radius 3 is 2.59 bits per heavy atom. The molecular formula is C25H24N2O4S. The number of carbonyl (C=O) groups excluding carboxylic acids is 2. The van der Waals surface area contributed by atoms with Crippen molar-refractivity contribution >= 4 is 29.3 Å². The topological polar surface area (TPSA) is 67.9 Å². The molecule has 0 aliphatic carbocycles. The largest absolute Gasteiger partial charge is 0.493 e. The summed E-state index contributed by atoms with van der Waals surface area (Å²) in [5, 5.41) is 2.89. The van der Waals surface area contributed by atoms with E-state index in [4.69, 9.17) is 9.47 Å². The molecule has 1 aliphatic heterocycles. The quantitative estimate of drug-likeness (QED) is 0.564. The van der Waals surface area contributed by atoms with Crippen LogP contribution < -0.4 is 19.7 Å². The summed E-state index contributed by atoms with van der Waals surface area (Å²) in [6, 6.07) is 23.1. The molecule has 0 spiro atoms. The van der Waals surface area contributed by atoms with Crippen molar-refractivity contribution in [3.63, 3.8) is 0 Å². The number of hydrogen-bond donors (Lipinski definition) is 1. The third-order valence-corrected chi connectivity index (χ3v) is 6.11. The van der Waals surface area contributed by atoms with Crippen LogP contribution in [-0.4, -0.2) is 31.2 Å². The summed E-state index contributed by atoms with van der Waals surface area (Å²) in [5.74, 6) is 1.30. The van der Waals surface area contributed by atoms with E-state index >= 15 is 0 Å². The lowest BCUT2D eigenvalue weighted by molar-refractivity contribution is -0.123. The van der Waals surface area contributed by atoms with Crippen LogP contribution in [-0.2, 0) is 22.7 Å². The zero-order valence-electron chi connectivity index (χ0n) is 17.7. The zero-order valence-corrected chi connectivity index (χ0v) is 18.6. The van der Waals surface area contributed by atoms with Gasteiger partial charge in [-0.25, -0.2) is 0 Å². The van der Waals surface area contributed by atoms with Crippen molar-refractivity contribution in [1.82, 2.24) is 5.32 Å². The van der Waals surface area contributed by atoms with E-state index in [1.807, 2.05) is 72.8 Å². The van der Waals surface area contributed by atoms with Crippen LogP contribution in [0.25, 0.3) is 0 Å². The summed E-state index contributed by atoms with van der Waals surface area (Å²) in [4.78, 5) is 27.5. The molecular weight excluding hydrogens is 424 g/mol. The number of amides is 2. The molecule has 1 heterocycles. The first-order valence-corrected chi connectivity index (χ1v) is 11.2. The molecule has 0 saturated heterocycles. The first kappa shape index (κ1) is 21.8. The molecule has 0 radical (unpaired) electrons. The molecule has 0 saturated carbocycles. The van der Waals surface area contributed by atoms with Crippen LogP contribution in [0.15, 0.2) is 77.7 Å². The number of fused-ring (bicyclic) bond motifs is 1. The van der Waals surface area contributed by atoms with Gasteiger partial charge in [0.15, 0.2) is 11.5 Å². The van der Waals surface area contributed by atoms with Gasteiger partial charge in [-0.05, 0) is 35.4 Å². The zero-order chi connectivity index (χ0) is 22.3. The Hall–Kier alpha value is -3.45. The number of rotatable bonds is 8. The number of anilines is 1. The summed E-state index contributed by atoms with van der Waals surface area (Å²) in [7, 11) is 1.59. The first-order valence-electron chi connectivity index (χ1n) is 10.3. The molecule has 3 aromatic rings. The monoisotopic (exact) mass is 448 g/mol. The Morgan fingerprint density at radius 1 is 1.00 bits per heavy atom. The minimum Gasteiger partial charge on any atom is -0.493 e. The number of methoxy groups -OCH3 is 1. The van der Waals surface area contributed by atoms with Crippen molar-refractivity contribution < 1.29 is 19.1 Å². The summed E-state index contributed by atoms with van der Waals surface area (Å²) in [6.45, 7) is 0.759. The fourth-order valence-electron chi connectivity index (χ4n) is 3.40. The van der Waals surface area contributed by atoms with Gasteiger partial charge in [0.2, 0.25) is 11.8 Å². The number of nitrogens with one attached hydrogen (secondary N) is 1. The molecule has 0 bridgehead atoms. The summed E-state index contributed by atoms with van der Waals surface area (Å²) >= 11 is 1.50. The number of para-hydroxylation sites is 1. The average molecular weight is 449 g/mol. The van der Waals surface area contributed by atoms with Crippen LogP contribution in [0, 0.1) is 0 Å². The van der Waals surface area contributed by atoms with E-state index < -0.39 is 0 Å². The molecule has 0 unspecified atom stereocenters. The van der Waals surface area contributed by atoms with Crippen molar-refractivity contribution in [3.8, 4) is 11.5 Å². The maximum absolute atomic E-state index is 12.6. The van der Waals surface area contributed by atoms with Crippen LogP contribution in [0.4, 0.5) is 5.69 Å². The normalized spacial score (nSPS) is 12.8. The molecule has 1 N–H and O–H groups in total. The molecule has 3 aromatic carbocycles. The van der Waals surface area contributed by atoms with E-state index in [-0.39, 0.29) is 18.4 Å². The lowest BCUT2D eigenvalue weighted by Gasteiger charge is -2.28. The van der Waals surface area contributed by atoms with Gasteiger partial charge in [0.25, 0.3) is 0 Å². The Kier molecular flexibility index (Phi) is 6.97. The molecule has 1 aliphatic rings. The molecule has 164 valence electrons. The minimum atomic E-state index is -0.219. The standard InChI is InChI=1S/C25H24N2O4S/c1-30-22-13-19(11-12-21(22)31-16-18-7-3-2-4-8-18)14-26-24(28)15-27-20-9-5-6-10-23(20)32-17-25(27)29/h2-13H,14-17H2,1H3,(H,26,28). The maximum atomic E-state index is 12.6. The highest BCUT2D eigenvalue weighted by Crippen LogP contribution is 2.34. The van der Waals surface area contributed by atoms with Gasteiger partial charge in [-0.1, -0.05) is 48.5 Å². The molecule has 32 heavy (non-hydrogen) atoms. The predicted octanol–water partition coefficient (Wildman–Crippen LogP) is 4.03. The summed E-state index contributed by atoms with van der Waals surface area (Å²) in [6.07, 6.45) is 0. The molecule has 0 fully saturated rings. The second-order valence-corrected chi connectivity index (χ2v) is 8.29. The van der Waals surface area contributed by atoms with Crippen LogP contribution in [0.2, 0.25) is 0 Å². The number of nitrogens with zero attached hydrogens (tertiary/aromatic N) is 1. The lowest BCUT2D eigenvalue weighted by Crippen LogP contribution is -2.43. The second kappa shape index (κ2) is 10.2. The van der Waals surface area contributed by atoms with E-state index in [9.17, 15) is 9.59 Å². The highest BCUT2D eigenvalue weighted by atomic mass is 32.2. The second-order valence-electron chi connectivity index (χ2n) is 7.27. The third-order valence-electron chi connectivity index (χ3n) is 5.06. The Morgan fingerprint density at radius 2 is 1.78 bits per heavy atom. The summed E-state index contributed by atoms with van der Waals surface area (Å²) < 4.78 is 11.3. The van der Waals surface area contributed by atoms with Gasteiger partial charge in [0.05, 0.1) is 18.6 Å². The molecule has 6 nitrogen and oxygen atoms in total. The van der Waals surface area contributed by atoms with Crippen LogP contribution >= 0.6 is 11.8 Å². The molecule has 0 aromatic heterocycles. The van der Waals surface area contributed by atoms with Crippen molar-refractivity contribution in [2.75, 3.05) is 24.3 Å². The Bertz CT molecular complexity index is 1100. The van der Waals surface area contributed by atoms with Gasteiger partial charge in [-0.15, -0.1) is 11.8 Å². The van der Waals surface area contributed by atoms with Crippen molar-refractivity contribution in [1.29, 1.82) is 0 Å². The number of hydrogen-bond acceptors (Lipinski definition) is 5. The highest BCUT2D eigenvalue weighted by Gasteiger charge is 2.26. The van der Waals surface area contributed by atoms with E-state index in [1.54, 1.807) is 12.0 Å². The van der Waals surface area contributed by atoms with Gasteiger partial charge in [0.1, 0.15) is 13.2 Å². The molecule has 2 amide bonds. The summed E-state index contributed by atoms with van der Waals surface area (Å²) in [5.41, 5.74) is 2.73. The maximum Gasteiger partial charge on any atom is 0.240 e. The number of benzene rings is 3. The molecule has 4 rings (SSSR count). The lowest BCUT2D eigenvalue weighted by atomic mass is 10.2. The van der Waals surface area contributed by atoms with Crippen LogP contribution in [0.1, 0.15) is 11.1 Å². The molecule has 7 heteroatoms. The van der Waals surface area contributed by atoms with Crippen LogP contribution in [0.3, 0.4) is 0 Å². The Balaban J connectivity index is 1.35. The molecule has 0 atom stereocenters. The smallest absolute Gasteiger partial charge is 0.240 e. The number of carbonyl (C=O) groups is 2. The third kappa shape index (κ3) is 5.23. The SMILES string of the molecule is COc1cc(CNC(=O)CN2C(=O)CSc3ccccc32)ccc1OCc1ccccc1. The fraction of sp³-hybridized carbons (Fsp3) is 0.200. The van der Waals surface area contributed by atoms with E-state index in [0.29, 0.717) is 30.4 Å². The van der Waals surface area contributed by atoms with Gasteiger partial charge in [-0.2, -0.15) is 0 Å². The average Bonchev–Trinajstić information content (AvgIpc) is 2.84. The van der Waals surface area contributed by atoms with Gasteiger partial charge in [-0.3, -0.25) is 9.59 Å². The number of ether oxygens (including phenoxy) is 2. The minimum absolute atomic E-state index is 0.00812. The van der Waals surface area contributed by atoms with Crippen molar-refractivity contribution in [3.05, 3.63) is 83.9 Å². The predicted molar refractivity (Wildman–Crippen MR) is 125 cm³/mol.